The highest BCUT2D eigenvalue weighted by Crippen LogP contribution is 2.41. The van der Waals surface area contributed by atoms with E-state index in [1.165, 1.54) is 66.8 Å². The number of nitrogens with zero attached hydrogens (tertiary/aromatic N) is 9. The summed E-state index contributed by atoms with van der Waals surface area (Å²) >= 11 is 0. The van der Waals surface area contributed by atoms with Gasteiger partial charge < -0.3 is 0 Å². The van der Waals surface area contributed by atoms with Crippen molar-refractivity contribution in [2.75, 3.05) is 0 Å². The van der Waals surface area contributed by atoms with Crippen molar-refractivity contribution in [1.29, 1.82) is 0 Å². The number of rotatable bonds is 14. The van der Waals surface area contributed by atoms with Gasteiger partial charge in [-0.2, -0.15) is 0 Å². The van der Waals surface area contributed by atoms with Crippen LogP contribution in [-0.4, -0.2) is 44.9 Å². The zero-order chi connectivity index (χ0) is 91.2. The van der Waals surface area contributed by atoms with Crippen LogP contribution in [0.2, 0.25) is 0 Å². The van der Waals surface area contributed by atoms with Crippen LogP contribution in [0.4, 0.5) is 0 Å². The van der Waals surface area contributed by atoms with Gasteiger partial charge in [-0.25, -0.2) is 34.9 Å². The molecule has 5 heterocycles. The molecule has 0 saturated heterocycles. The topological polar surface area (TPSA) is 116 Å². The van der Waals surface area contributed by atoms with Crippen molar-refractivity contribution in [3.8, 4) is 158 Å². The predicted molar refractivity (Wildman–Crippen MR) is 539 cm³/mol. The summed E-state index contributed by atoms with van der Waals surface area (Å²) in [6.45, 7) is 53.8. The molecule has 5 aromatic heterocycles. The normalized spacial score (nSPS) is 12.4. The maximum Gasteiger partial charge on any atom is 0.165 e. The Balaban J connectivity index is 0.000000197. The van der Waals surface area contributed by atoms with Crippen LogP contribution in [-0.2, 0) is 43.3 Å². The Kier molecular flexibility index (Phi) is 24.7. The summed E-state index contributed by atoms with van der Waals surface area (Å²) in [5.74, 6) is 3.14. The third-order valence-corrected chi connectivity index (χ3v) is 24.3. The largest absolute Gasteiger partial charge is 0.255 e. The molecule has 0 N–H and O–H groups in total. The lowest BCUT2D eigenvalue weighted by Crippen LogP contribution is -2.10. The van der Waals surface area contributed by atoms with Crippen molar-refractivity contribution >= 4 is 0 Å². The van der Waals surface area contributed by atoms with Crippen LogP contribution in [0.3, 0.4) is 0 Å². The highest BCUT2D eigenvalue weighted by molar-refractivity contribution is 5.84. The molecule has 0 aliphatic carbocycles. The van der Waals surface area contributed by atoms with Gasteiger partial charge in [0.05, 0.1) is 34.2 Å². The molecule has 11 aromatic carbocycles. The molecule has 16 aromatic rings. The Morgan fingerprint density at radius 1 is 0.133 bits per heavy atom. The molecular weight excluding hydrogens is 1560 g/mol. The Morgan fingerprint density at radius 2 is 0.320 bits per heavy atom. The highest BCUT2D eigenvalue weighted by atomic mass is 15.0. The summed E-state index contributed by atoms with van der Waals surface area (Å²) in [5.41, 5.74) is 33.7. The van der Waals surface area contributed by atoms with Gasteiger partial charge in [0.15, 0.2) is 29.1 Å². The predicted octanol–water partition coefficient (Wildman–Crippen LogP) is 31.6. The molecule has 9 heteroatoms. The Morgan fingerprint density at radius 3 is 0.570 bits per heavy atom. The minimum absolute atomic E-state index is 0.0422. The van der Waals surface area contributed by atoms with E-state index in [2.05, 4.69) is 463 Å². The smallest absolute Gasteiger partial charge is 0.165 e. The third kappa shape index (κ3) is 21.1. The zero-order valence-electron chi connectivity index (χ0n) is 79.5. The highest BCUT2D eigenvalue weighted by Gasteiger charge is 2.25. The summed E-state index contributed by atoms with van der Waals surface area (Å²) in [6, 6.07) is 107. The number of aromatic nitrogens is 9. The molecule has 0 amide bonds. The first kappa shape index (κ1) is 89.7. The van der Waals surface area contributed by atoms with Gasteiger partial charge in [-0.15, -0.1) is 0 Å². The quantitative estimate of drug-likeness (QED) is 0.105. The van der Waals surface area contributed by atoms with Crippen molar-refractivity contribution in [3.63, 3.8) is 0 Å². The minimum atomic E-state index is 0.0422. The standard InChI is InChI=1S/C60H62N4.C59H61N5/c1-57(2,3)49-25-16-39(17-26-49)46-35-47(40-18-27-50(28-19-40)58(4,5)6)37-48(36-46)43-14-13-15-44(34-43)53-33-24-45(38-61-53)56-63-54(41-20-29-51(30-21-41)59(7,8)9)62-55(64-56)42-22-31-52(32-23-42)60(10,11)12;1-56(2,3)45-25-16-38(17-26-45)50-35-51(39-18-27-46(28-19-39)57(4,5)6)62-54(61-50)43-15-13-14-42(34-43)49-33-24-44(37-60-49)55-63-52(40-20-29-47(30-21-40)58(7,8)9)36-53(64-55)41-22-31-48(32-23-41)59(10,11)12/h13-38H,1-12H3;13-37H,1-12H3. The summed E-state index contributed by atoms with van der Waals surface area (Å²) in [6.07, 6.45) is 3.77. The fourth-order valence-corrected chi connectivity index (χ4v) is 15.8. The number of hydrogen-bond donors (Lipinski definition) is 0. The zero-order valence-corrected chi connectivity index (χ0v) is 79.5. The van der Waals surface area contributed by atoms with Gasteiger partial charge in [0, 0.05) is 73.6 Å². The van der Waals surface area contributed by atoms with Gasteiger partial charge in [-0.1, -0.05) is 397 Å². The van der Waals surface area contributed by atoms with E-state index >= 15 is 0 Å². The van der Waals surface area contributed by atoms with Crippen molar-refractivity contribution in [1.82, 2.24) is 44.9 Å². The molecule has 9 nitrogen and oxygen atoms in total. The van der Waals surface area contributed by atoms with Crippen LogP contribution in [0, 0.1) is 0 Å². The summed E-state index contributed by atoms with van der Waals surface area (Å²) in [5, 5.41) is 0. The summed E-state index contributed by atoms with van der Waals surface area (Å²) in [7, 11) is 0. The van der Waals surface area contributed by atoms with Crippen molar-refractivity contribution in [2.24, 2.45) is 0 Å². The van der Waals surface area contributed by atoms with Crippen molar-refractivity contribution in [3.05, 3.63) is 354 Å². The number of benzene rings is 11. The van der Waals surface area contributed by atoms with Crippen LogP contribution < -0.4 is 0 Å². The minimum Gasteiger partial charge on any atom is -0.255 e. The molecule has 16 rings (SSSR count). The molecule has 128 heavy (non-hydrogen) atoms. The van der Waals surface area contributed by atoms with Crippen molar-refractivity contribution in [2.45, 2.75) is 209 Å². The maximum absolute atomic E-state index is 5.19. The first-order valence-corrected chi connectivity index (χ1v) is 45.1. The first-order chi connectivity index (χ1) is 60.4. The maximum atomic E-state index is 5.19. The molecule has 0 radical (unpaired) electrons. The second-order valence-electron chi connectivity index (χ2n) is 42.7. The van der Waals surface area contributed by atoms with E-state index in [0.717, 1.165) is 106 Å². The van der Waals surface area contributed by atoms with Crippen molar-refractivity contribution < 1.29 is 0 Å². The second-order valence-corrected chi connectivity index (χ2v) is 42.7. The lowest BCUT2D eigenvalue weighted by Gasteiger charge is -2.20. The van der Waals surface area contributed by atoms with Crippen LogP contribution in [0.15, 0.2) is 310 Å². The molecule has 0 fully saturated rings. The van der Waals surface area contributed by atoms with Crippen LogP contribution >= 0.6 is 0 Å². The van der Waals surface area contributed by atoms with Gasteiger partial charge in [-0.3, -0.25) is 9.97 Å². The molecule has 0 atom stereocenters. The third-order valence-electron chi connectivity index (χ3n) is 24.3. The number of hydrogen-bond acceptors (Lipinski definition) is 9. The van der Waals surface area contributed by atoms with Gasteiger partial charge in [-0.05, 0) is 188 Å². The Labute approximate surface area is 761 Å². The van der Waals surface area contributed by atoms with E-state index in [1.807, 2.05) is 12.4 Å². The second kappa shape index (κ2) is 35.3. The van der Waals surface area contributed by atoms with Gasteiger partial charge >= 0.3 is 0 Å². The van der Waals surface area contributed by atoms with E-state index < -0.39 is 0 Å². The molecule has 0 saturated carbocycles. The van der Waals surface area contributed by atoms with E-state index in [1.54, 1.807) is 0 Å². The van der Waals surface area contributed by atoms with Gasteiger partial charge in [0.25, 0.3) is 0 Å². The average molecular weight is 1680 g/mol. The van der Waals surface area contributed by atoms with Crippen LogP contribution in [0.1, 0.15) is 211 Å². The number of pyridine rings is 2. The SMILES string of the molecule is CC(C)(C)c1ccc(-c2cc(-c3ccc(C(C)(C)C)cc3)cc(-c3cccc(-c4ccc(-c5nc(-c6ccc(C(C)(C)C)cc6)nc(-c6ccc(C(C)(C)C)cc6)n5)cn4)c3)c2)cc1.CC(C)(C)c1ccc(-c2cc(-c3ccc(C(C)(C)C)cc3)nc(-c3ccc(-c4cccc(-c5nc(-c6ccc(C(C)(C)C)cc6)cc(-c6ccc(C(C)(C)C)cc6)n5)c4)nc3)n2)cc1. The summed E-state index contributed by atoms with van der Waals surface area (Å²) < 4.78 is 0. The van der Waals surface area contributed by atoms with E-state index in [0.29, 0.717) is 29.1 Å². The monoisotopic (exact) mass is 1680 g/mol. The lowest BCUT2D eigenvalue weighted by molar-refractivity contribution is 0.590. The van der Waals surface area contributed by atoms with E-state index in [4.69, 9.17) is 44.9 Å². The average Bonchev–Trinajstić information content (AvgIpc) is 0.790. The summed E-state index contributed by atoms with van der Waals surface area (Å²) in [4.78, 5) is 45.8. The molecular formula is C119H123N9. The van der Waals surface area contributed by atoms with Gasteiger partial charge in [0.1, 0.15) is 0 Å². The Hall–Kier alpha value is -13.1. The molecule has 0 spiro atoms. The molecule has 0 bridgehead atoms. The van der Waals surface area contributed by atoms with Crippen LogP contribution in [0.5, 0.6) is 0 Å². The molecule has 0 aliphatic rings. The van der Waals surface area contributed by atoms with Crippen LogP contribution in [0.25, 0.3) is 158 Å². The fourth-order valence-electron chi connectivity index (χ4n) is 15.8. The fraction of sp³-hybridized carbons (Fsp3) is 0.269. The molecule has 644 valence electrons. The lowest BCUT2D eigenvalue weighted by atomic mass is 9.85. The molecule has 0 aliphatic heterocycles. The van der Waals surface area contributed by atoms with E-state index in [9.17, 15) is 0 Å². The first-order valence-electron chi connectivity index (χ1n) is 45.1. The Bertz CT molecular complexity index is 5900. The van der Waals surface area contributed by atoms with E-state index in [-0.39, 0.29) is 43.3 Å². The molecule has 0 unspecified atom stereocenters. The van der Waals surface area contributed by atoms with Gasteiger partial charge in [0.2, 0.25) is 0 Å².